The van der Waals surface area contributed by atoms with Gasteiger partial charge in [0, 0.05) is 6.61 Å². The summed E-state index contributed by atoms with van der Waals surface area (Å²) in [6.07, 6.45) is 0.387. The Morgan fingerprint density at radius 2 is 1.87 bits per heavy atom. The minimum Gasteiger partial charge on any atom is -0.396 e. The Kier molecular flexibility index (Phi) is 3.86. The van der Waals surface area contributed by atoms with E-state index in [0.29, 0.717) is 6.42 Å². The molecular weight excluding hydrogens is 190 g/mol. The summed E-state index contributed by atoms with van der Waals surface area (Å²) in [5, 5.41) is 8.88. The molecule has 82 valence electrons. The van der Waals surface area contributed by atoms with Crippen molar-refractivity contribution in [3.63, 3.8) is 0 Å². The molecule has 0 spiro atoms. The van der Waals surface area contributed by atoms with Crippen LogP contribution >= 0.6 is 0 Å². The van der Waals surface area contributed by atoms with Crippen molar-refractivity contribution in [1.29, 1.82) is 0 Å². The lowest BCUT2D eigenvalue weighted by Gasteiger charge is -2.13. The van der Waals surface area contributed by atoms with Crippen molar-refractivity contribution in [3.8, 4) is 0 Å². The third-order valence-electron chi connectivity index (χ3n) is 2.41. The fourth-order valence-electron chi connectivity index (χ4n) is 1.81. The highest BCUT2D eigenvalue weighted by Crippen LogP contribution is 2.21. The summed E-state index contributed by atoms with van der Waals surface area (Å²) in [4.78, 5) is 11.2. The lowest BCUT2D eigenvalue weighted by Crippen LogP contribution is -2.22. The molecule has 0 aliphatic rings. The van der Waals surface area contributed by atoms with Gasteiger partial charge in [0.15, 0.2) is 0 Å². The fraction of sp³-hybridized carbons (Fsp3) is 0.417. The van der Waals surface area contributed by atoms with Crippen LogP contribution in [0.25, 0.3) is 0 Å². The van der Waals surface area contributed by atoms with Gasteiger partial charge in [0.1, 0.15) is 0 Å². The molecule has 0 saturated carbocycles. The number of aryl methyl sites for hydroxylation is 2. The van der Waals surface area contributed by atoms with Crippen molar-refractivity contribution in [2.45, 2.75) is 26.2 Å². The molecule has 0 heterocycles. The van der Waals surface area contributed by atoms with Gasteiger partial charge >= 0.3 is 0 Å². The summed E-state index contributed by atoms with van der Waals surface area (Å²) in [6.45, 7) is 3.93. The largest absolute Gasteiger partial charge is 0.396 e. The van der Waals surface area contributed by atoms with Gasteiger partial charge in [-0.1, -0.05) is 29.3 Å². The molecule has 3 N–H and O–H groups in total. The number of benzene rings is 1. The van der Waals surface area contributed by atoms with Crippen LogP contribution in [0.1, 0.15) is 29.0 Å². The van der Waals surface area contributed by atoms with E-state index in [2.05, 4.69) is 0 Å². The minimum absolute atomic E-state index is 0.0272. The molecule has 1 aromatic carbocycles. The van der Waals surface area contributed by atoms with E-state index in [9.17, 15) is 4.79 Å². The molecule has 15 heavy (non-hydrogen) atoms. The average Bonchev–Trinajstić information content (AvgIpc) is 2.11. The van der Waals surface area contributed by atoms with Crippen molar-refractivity contribution in [2.24, 2.45) is 5.73 Å². The first kappa shape index (κ1) is 11.7. The first-order valence-corrected chi connectivity index (χ1v) is 5.03. The number of primary amides is 1. The first-order chi connectivity index (χ1) is 7.04. The smallest absolute Gasteiger partial charge is 0.225 e. The maximum atomic E-state index is 11.2. The predicted molar refractivity (Wildman–Crippen MR) is 59.6 cm³/mol. The Labute approximate surface area is 89.9 Å². The number of hydrogen-bond donors (Lipinski definition) is 2. The Balaban J connectivity index is 3.05. The van der Waals surface area contributed by atoms with Gasteiger partial charge in [-0.3, -0.25) is 4.79 Å². The summed E-state index contributed by atoms with van der Waals surface area (Å²) in [7, 11) is 0. The summed E-state index contributed by atoms with van der Waals surface area (Å²) >= 11 is 0. The highest BCUT2D eigenvalue weighted by Gasteiger charge is 2.17. The van der Waals surface area contributed by atoms with Crippen molar-refractivity contribution in [3.05, 3.63) is 34.9 Å². The number of aliphatic hydroxyl groups excluding tert-OH is 1. The highest BCUT2D eigenvalue weighted by atomic mass is 16.3. The molecule has 3 heteroatoms. The maximum absolute atomic E-state index is 11.2. The van der Waals surface area contributed by atoms with Gasteiger partial charge in [-0.15, -0.1) is 0 Å². The first-order valence-electron chi connectivity index (χ1n) is 5.03. The molecule has 1 unspecified atom stereocenters. The van der Waals surface area contributed by atoms with Gasteiger partial charge in [0.25, 0.3) is 0 Å². The van der Waals surface area contributed by atoms with Crippen molar-refractivity contribution in [1.82, 2.24) is 0 Å². The van der Waals surface area contributed by atoms with E-state index in [1.165, 1.54) is 0 Å². The monoisotopic (exact) mass is 207 g/mol. The quantitative estimate of drug-likeness (QED) is 0.780. The molecule has 1 atom stereocenters. The molecule has 3 nitrogen and oxygen atoms in total. The van der Waals surface area contributed by atoms with Gasteiger partial charge in [0.2, 0.25) is 5.91 Å². The molecule has 0 aliphatic heterocycles. The second kappa shape index (κ2) is 4.94. The van der Waals surface area contributed by atoms with Gasteiger partial charge < -0.3 is 10.8 Å². The fourth-order valence-corrected chi connectivity index (χ4v) is 1.81. The van der Waals surface area contributed by atoms with Gasteiger partial charge in [-0.25, -0.2) is 0 Å². The molecule has 0 aromatic heterocycles. The van der Waals surface area contributed by atoms with Crippen LogP contribution in [-0.2, 0) is 4.79 Å². The second-order valence-electron chi connectivity index (χ2n) is 3.89. The van der Waals surface area contributed by atoms with E-state index in [0.717, 1.165) is 16.7 Å². The van der Waals surface area contributed by atoms with Crippen LogP contribution in [0.4, 0.5) is 0 Å². The Bertz CT molecular complexity index is 340. The lowest BCUT2D eigenvalue weighted by molar-refractivity contribution is -0.119. The van der Waals surface area contributed by atoms with E-state index in [1.54, 1.807) is 0 Å². The minimum atomic E-state index is -0.381. The van der Waals surface area contributed by atoms with Crippen LogP contribution in [0.15, 0.2) is 18.2 Å². The summed E-state index contributed by atoms with van der Waals surface area (Å²) in [5.74, 6) is -0.761. The number of aliphatic hydroxyl groups is 1. The highest BCUT2D eigenvalue weighted by molar-refractivity contribution is 5.82. The Hall–Kier alpha value is -1.35. The van der Waals surface area contributed by atoms with Gasteiger partial charge in [-0.2, -0.15) is 0 Å². The number of carbonyl (C=O) groups is 1. The summed E-state index contributed by atoms with van der Waals surface area (Å²) < 4.78 is 0. The van der Waals surface area contributed by atoms with E-state index in [4.69, 9.17) is 10.8 Å². The van der Waals surface area contributed by atoms with Crippen LogP contribution in [0, 0.1) is 13.8 Å². The second-order valence-corrected chi connectivity index (χ2v) is 3.89. The molecule has 0 saturated heterocycles. The average molecular weight is 207 g/mol. The molecule has 0 fully saturated rings. The van der Waals surface area contributed by atoms with Crippen molar-refractivity contribution < 1.29 is 9.90 Å². The maximum Gasteiger partial charge on any atom is 0.225 e. The van der Waals surface area contributed by atoms with E-state index in [-0.39, 0.29) is 18.4 Å². The standard InChI is InChI=1S/C12H17NO2/c1-8-5-9(2)7-10(6-8)11(3-4-14)12(13)15/h5-7,11,14H,3-4H2,1-2H3,(H2,13,15). The van der Waals surface area contributed by atoms with Crippen LogP contribution < -0.4 is 5.73 Å². The van der Waals surface area contributed by atoms with Gasteiger partial charge in [0.05, 0.1) is 5.92 Å². The number of carbonyl (C=O) groups excluding carboxylic acids is 1. The summed E-state index contributed by atoms with van der Waals surface area (Å²) in [5.41, 5.74) is 8.41. The Morgan fingerprint density at radius 3 is 2.27 bits per heavy atom. The Morgan fingerprint density at radius 1 is 1.33 bits per heavy atom. The van der Waals surface area contributed by atoms with Crippen LogP contribution in [0.3, 0.4) is 0 Å². The zero-order valence-corrected chi connectivity index (χ0v) is 9.16. The van der Waals surface area contributed by atoms with Crippen molar-refractivity contribution in [2.75, 3.05) is 6.61 Å². The molecular formula is C12H17NO2. The SMILES string of the molecule is Cc1cc(C)cc(C(CCO)C(N)=O)c1. The topological polar surface area (TPSA) is 63.3 Å². The number of amides is 1. The molecule has 0 aliphatic carbocycles. The third kappa shape index (κ3) is 3.06. The normalized spacial score (nSPS) is 12.5. The third-order valence-corrected chi connectivity index (χ3v) is 2.41. The molecule has 1 rings (SSSR count). The van der Waals surface area contributed by atoms with E-state index in [1.807, 2.05) is 32.0 Å². The molecule has 1 amide bonds. The predicted octanol–water partition coefficient (Wildman–Crippen LogP) is 1.25. The van der Waals surface area contributed by atoms with Crippen molar-refractivity contribution >= 4 is 5.91 Å². The number of nitrogens with two attached hydrogens (primary N) is 1. The van der Waals surface area contributed by atoms with Crippen LogP contribution in [-0.4, -0.2) is 17.6 Å². The molecule has 1 aromatic rings. The van der Waals surface area contributed by atoms with Gasteiger partial charge in [-0.05, 0) is 25.8 Å². The van der Waals surface area contributed by atoms with E-state index >= 15 is 0 Å². The summed E-state index contributed by atoms with van der Waals surface area (Å²) in [6, 6.07) is 5.93. The molecule has 0 bridgehead atoms. The lowest BCUT2D eigenvalue weighted by atomic mass is 9.92. The van der Waals surface area contributed by atoms with Crippen LogP contribution in [0.2, 0.25) is 0 Å². The molecule has 0 radical (unpaired) electrons. The number of rotatable bonds is 4. The zero-order valence-electron chi connectivity index (χ0n) is 9.16. The van der Waals surface area contributed by atoms with Crippen LogP contribution in [0.5, 0.6) is 0 Å². The zero-order chi connectivity index (χ0) is 11.4. The van der Waals surface area contributed by atoms with E-state index < -0.39 is 0 Å². The number of hydrogen-bond acceptors (Lipinski definition) is 2.